The molecule has 0 saturated carbocycles. The van der Waals surface area contributed by atoms with E-state index >= 15 is 0 Å². The highest BCUT2D eigenvalue weighted by Gasteiger charge is 2.17. The van der Waals surface area contributed by atoms with Crippen molar-refractivity contribution in [1.82, 2.24) is 4.90 Å². The van der Waals surface area contributed by atoms with Crippen LogP contribution in [-0.4, -0.2) is 51.5 Å². The summed E-state index contributed by atoms with van der Waals surface area (Å²) in [4.78, 5) is 1.89. The molecule has 0 radical (unpaired) electrons. The summed E-state index contributed by atoms with van der Waals surface area (Å²) in [6.07, 6.45) is 0.852. The zero-order chi connectivity index (χ0) is 21.9. The second-order valence-electron chi connectivity index (χ2n) is 7.06. The van der Waals surface area contributed by atoms with E-state index in [4.69, 9.17) is 4.74 Å². The summed E-state index contributed by atoms with van der Waals surface area (Å²) < 4.78 is 65.0. The summed E-state index contributed by atoms with van der Waals surface area (Å²) in [5, 5.41) is 0. The fourth-order valence-corrected chi connectivity index (χ4v) is 2.93. The quantitative estimate of drug-likeness (QED) is 0.419. The lowest BCUT2D eigenvalue weighted by molar-refractivity contribution is -0.171. The first kappa shape index (κ1) is 24.0. The number of benzene rings is 2. The first-order chi connectivity index (χ1) is 14.3. The van der Waals surface area contributed by atoms with Crippen LogP contribution in [0.15, 0.2) is 48.5 Å². The minimum Gasteiger partial charge on any atom is -0.491 e. The number of rotatable bonds is 13. The third-order valence-corrected chi connectivity index (χ3v) is 4.40. The van der Waals surface area contributed by atoms with Gasteiger partial charge in [-0.05, 0) is 62.7 Å². The molecule has 166 valence electrons. The van der Waals surface area contributed by atoms with Gasteiger partial charge in [-0.1, -0.05) is 30.3 Å². The number of hydrogen-bond acceptors (Lipinski definition) is 4. The SMILES string of the molecule is CN(C)CCC(COc1ccccc1CCc1cccc(OC(F)F)c1)OC(F)F. The van der Waals surface area contributed by atoms with Gasteiger partial charge < -0.3 is 19.1 Å². The van der Waals surface area contributed by atoms with Gasteiger partial charge >= 0.3 is 13.2 Å². The van der Waals surface area contributed by atoms with Crippen molar-refractivity contribution >= 4 is 0 Å². The van der Waals surface area contributed by atoms with Crippen molar-refractivity contribution in [2.45, 2.75) is 38.6 Å². The van der Waals surface area contributed by atoms with E-state index in [1.807, 2.05) is 37.2 Å². The van der Waals surface area contributed by atoms with Gasteiger partial charge in [0.15, 0.2) is 0 Å². The van der Waals surface area contributed by atoms with Gasteiger partial charge in [-0.3, -0.25) is 0 Å². The lowest BCUT2D eigenvalue weighted by atomic mass is 10.0. The van der Waals surface area contributed by atoms with Crippen LogP contribution in [0.1, 0.15) is 17.5 Å². The fraction of sp³-hybridized carbons (Fsp3) is 0.455. The van der Waals surface area contributed by atoms with Crippen molar-refractivity contribution in [2.24, 2.45) is 0 Å². The van der Waals surface area contributed by atoms with Crippen molar-refractivity contribution in [2.75, 3.05) is 27.2 Å². The molecule has 2 rings (SSSR count). The van der Waals surface area contributed by atoms with Gasteiger partial charge in [-0.2, -0.15) is 17.6 Å². The second-order valence-corrected chi connectivity index (χ2v) is 7.06. The molecule has 0 spiro atoms. The van der Waals surface area contributed by atoms with Crippen molar-refractivity contribution < 1.29 is 31.8 Å². The highest BCUT2D eigenvalue weighted by molar-refractivity contribution is 5.35. The molecule has 0 fully saturated rings. The predicted octanol–water partition coefficient (Wildman–Crippen LogP) is 5.01. The molecule has 4 nitrogen and oxygen atoms in total. The van der Waals surface area contributed by atoms with Crippen LogP contribution in [0.25, 0.3) is 0 Å². The highest BCUT2D eigenvalue weighted by atomic mass is 19.3. The van der Waals surface area contributed by atoms with Crippen LogP contribution in [0.4, 0.5) is 17.6 Å². The Kier molecular flexibility index (Phi) is 9.89. The zero-order valence-electron chi connectivity index (χ0n) is 17.1. The molecule has 1 atom stereocenters. The monoisotopic (exact) mass is 429 g/mol. The Hall–Kier alpha value is -2.32. The second kappa shape index (κ2) is 12.4. The molecule has 0 heterocycles. The molecule has 0 aliphatic carbocycles. The van der Waals surface area contributed by atoms with Crippen LogP contribution in [0.3, 0.4) is 0 Å². The lowest BCUT2D eigenvalue weighted by Crippen LogP contribution is -2.28. The minimum atomic E-state index is -2.87. The van der Waals surface area contributed by atoms with E-state index in [0.717, 1.165) is 11.1 Å². The van der Waals surface area contributed by atoms with Crippen LogP contribution in [0.2, 0.25) is 0 Å². The molecule has 0 amide bonds. The molecule has 8 heteroatoms. The molecule has 0 aromatic heterocycles. The van der Waals surface area contributed by atoms with E-state index in [1.165, 1.54) is 6.07 Å². The number of halogens is 4. The number of hydrogen-bond donors (Lipinski definition) is 0. The lowest BCUT2D eigenvalue weighted by Gasteiger charge is -2.21. The van der Waals surface area contributed by atoms with E-state index in [0.29, 0.717) is 31.6 Å². The molecule has 0 aliphatic rings. The molecule has 30 heavy (non-hydrogen) atoms. The normalized spacial score (nSPS) is 12.6. The molecule has 0 aliphatic heterocycles. The van der Waals surface area contributed by atoms with Crippen LogP contribution in [0.5, 0.6) is 11.5 Å². The van der Waals surface area contributed by atoms with Gasteiger partial charge in [0.05, 0.1) is 6.10 Å². The molecule has 2 aromatic rings. The van der Waals surface area contributed by atoms with Gasteiger partial charge in [-0.25, -0.2) is 0 Å². The van der Waals surface area contributed by atoms with Crippen molar-refractivity contribution in [1.29, 1.82) is 0 Å². The number of alkyl halides is 4. The van der Waals surface area contributed by atoms with E-state index in [9.17, 15) is 17.6 Å². The molecule has 1 unspecified atom stereocenters. The average Bonchev–Trinajstić information content (AvgIpc) is 2.68. The van der Waals surface area contributed by atoms with E-state index in [2.05, 4.69) is 9.47 Å². The van der Waals surface area contributed by atoms with Gasteiger partial charge in [-0.15, -0.1) is 0 Å². The summed E-state index contributed by atoms with van der Waals surface area (Å²) >= 11 is 0. The Balaban J connectivity index is 1.98. The predicted molar refractivity (Wildman–Crippen MR) is 106 cm³/mol. The Morgan fingerprint density at radius 1 is 0.900 bits per heavy atom. The van der Waals surface area contributed by atoms with Crippen LogP contribution in [0, 0.1) is 0 Å². The van der Waals surface area contributed by atoms with Gasteiger partial charge in [0, 0.05) is 6.54 Å². The largest absolute Gasteiger partial charge is 0.491 e. The van der Waals surface area contributed by atoms with Crippen LogP contribution < -0.4 is 9.47 Å². The van der Waals surface area contributed by atoms with Crippen LogP contribution in [-0.2, 0) is 17.6 Å². The van der Waals surface area contributed by atoms with E-state index in [-0.39, 0.29) is 12.4 Å². The summed E-state index contributed by atoms with van der Waals surface area (Å²) in [6.45, 7) is -5.13. The number of nitrogens with zero attached hydrogens (tertiary/aromatic N) is 1. The van der Waals surface area contributed by atoms with E-state index < -0.39 is 19.3 Å². The summed E-state index contributed by atoms with van der Waals surface area (Å²) in [5.41, 5.74) is 1.73. The minimum absolute atomic E-state index is 0.00685. The number of aryl methyl sites for hydroxylation is 2. The Labute approximate surface area is 174 Å². The molecule has 2 aromatic carbocycles. The average molecular weight is 429 g/mol. The third-order valence-electron chi connectivity index (χ3n) is 4.40. The van der Waals surface area contributed by atoms with Crippen LogP contribution >= 0.6 is 0 Å². The maximum Gasteiger partial charge on any atom is 0.387 e. The Morgan fingerprint density at radius 3 is 2.37 bits per heavy atom. The van der Waals surface area contributed by atoms with E-state index in [1.54, 1.807) is 24.3 Å². The molecular formula is C22H27F4NO3. The summed E-state index contributed by atoms with van der Waals surface area (Å²) in [7, 11) is 3.72. The molecular weight excluding hydrogens is 402 g/mol. The first-order valence-electron chi connectivity index (χ1n) is 9.66. The topological polar surface area (TPSA) is 30.9 Å². The third kappa shape index (κ3) is 9.00. The van der Waals surface area contributed by atoms with Crippen molar-refractivity contribution in [3.8, 4) is 11.5 Å². The standard InChI is InChI=1S/C22H27F4NO3/c1-27(2)13-12-19(30-22(25)26)15-28-20-9-4-3-7-17(20)11-10-16-6-5-8-18(14-16)29-21(23)24/h3-9,14,19,21-22H,10-13,15H2,1-2H3. The molecule has 0 N–H and O–H groups in total. The zero-order valence-corrected chi connectivity index (χ0v) is 17.1. The smallest absolute Gasteiger partial charge is 0.387 e. The number of ether oxygens (including phenoxy) is 3. The van der Waals surface area contributed by atoms with Crippen molar-refractivity contribution in [3.05, 3.63) is 59.7 Å². The Morgan fingerprint density at radius 2 is 1.67 bits per heavy atom. The Bertz CT molecular complexity index is 759. The number of para-hydroxylation sites is 1. The molecule has 0 saturated heterocycles. The maximum atomic E-state index is 12.7. The molecule has 0 bridgehead atoms. The van der Waals surface area contributed by atoms with Crippen molar-refractivity contribution in [3.63, 3.8) is 0 Å². The highest BCUT2D eigenvalue weighted by Crippen LogP contribution is 2.23. The van der Waals surface area contributed by atoms with Gasteiger partial charge in [0.1, 0.15) is 18.1 Å². The van der Waals surface area contributed by atoms with Gasteiger partial charge in [0.2, 0.25) is 0 Å². The first-order valence-corrected chi connectivity index (χ1v) is 9.66. The maximum absolute atomic E-state index is 12.7. The van der Waals surface area contributed by atoms with Gasteiger partial charge in [0.25, 0.3) is 0 Å². The summed E-state index contributed by atoms with van der Waals surface area (Å²) in [5.74, 6) is 0.699. The summed E-state index contributed by atoms with van der Waals surface area (Å²) in [6, 6.07) is 13.9. The fourth-order valence-electron chi connectivity index (χ4n) is 2.93.